The van der Waals surface area contributed by atoms with Crippen LogP contribution in [0, 0.1) is 0 Å². The average molecular weight is 237 g/mol. The minimum atomic E-state index is -1.08. The van der Waals surface area contributed by atoms with Crippen molar-refractivity contribution in [1.29, 1.82) is 0 Å². The van der Waals surface area contributed by atoms with E-state index in [9.17, 15) is 9.59 Å². The number of rotatable bonds is 5. The van der Waals surface area contributed by atoms with E-state index in [0.29, 0.717) is 5.75 Å². The SMILES string of the molecule is CC(NC(=O)C(C)Oc1ccccc1)C(=O)O. The van der Waals surface area contributed by atoms with Gasteiger partial charge in [0.05, 0.1) is 0 Å². The van der Waals surface area contributed by atoms with Gasteiger partial charge < -0.3 is 15.2 Å². The van der Waals surface area contributed by atoms with Gasteiger partial charge in [-0.1, -0.05) is 18.2 Å². The summed E-state index contributed by atoms with van der Waals surface area (Å²) < 4.78 is 5.35. The summed E-state index contributed by atoms with van der Waals surface area (Å²) in [7, 11) is 0. The second kappa shape index (κ2) is 5.89. The molecule has 0 aliphatic rings. The normalized spacial score (nSPS) is 13.5. The van der Waals surface area contributed by atoms with Crippen molar-refractivity contribution in [3.63, 3.8) is 0 Å². The predicted molar refractivity (Wildman–Crippen MR) is 61.8 cm³/mol. The van der Waals surface area contributed by atoms with Crippen molar-refractivity contribution < 1.29 is 19.4 Å². The first-order valence-corrected chi connectivity index (χ1v) is 5.25. The Balaban J connectivity index is 2.50. The lowest BCUT2D eigenvalue weighted by molar-refractivity contribution is -0.142. The van der Waals surface area contributed by atoms with Gasteiger partial charge in [-0.05, 0) is 26.0 Å². The van der Waals surface area contributed by atoms with E-state index >= 15 is 0 Å². The van der Waals surface area contributed by atoms with E-state index in [0.717, 1.165) is 0 Å². The van der Waals surface area contributed by atoms with Crippen LogP contribution >= 0.6 is 0 Å². The molecule has 1 amide bonds. The molecule has 0 radical (unpaired) electrons. The van der Waals surface area contributed by atoms with Gasteiger partial charge in [0.1, 0.15) is 11.8 Å². The molecule has 17 heavy (non-hydrogen) atoms. The van der Waals surface area contributed by atoms with Crippen LogP contribution in [-0.4, -0.2) is 29.1 Å². The number of carbonyl (C=O) groups is 2. The molecule has 5 nitrogen and oxygen atoms in total. The summed E-state index contributed by atoms with van der Waals surface area (Å²) in [6.07, 6.45) is -0.737. The summed E-state index contributed by atoms with van der Waals surface area (Å²) in [5.74, 6) is -0.966. The van der Waals surface area contributed by atoms with Crippen LogP contribution in [0.2, 0.25) is 0 Å². The Labute approximate surface area is 99.4 Å². The molecule has 0 heterocycles. The molecule has 2 N–H and O–H groups in total. The molecule has 5 heteroatoms. The summed E-state index contributed by atoms with van der Waals surface area (Å²) >= 11 is 0. The number of hydrogen-bond donors (Lipinski definition) is 2. The predicted octanol–water partition coefficient (Wildman–Crippen LogP) is 1.04. The van der Waals surface area contributed by atoms with Gasteiger partial charge in [-0.15, -0.1) is 0 Å². The Morgan fingerprint density at radius 1 is 1.24 bits per heavy atom. The molecule has 2 unspecified atom stereocenters. The number of para-hydroxylation sites is 1. The van der Waals surface area contributed by atoms with Crippen molar-refractivity contribution >= 4 is 11.9 Å². The molecule has 0 spiro atoms. The fourth-order valence-corrected chi connectivity index (χ4v) is 1.15. The molecule has 0 aromatic heterocycles. The number of carboxylic acid groups (broad SMARTS) is 1. The topological polar surface area (TPSA) is 75.6 Å². The number of amides is 1. The first kappa shape index (κ1) is 13.0. The summed E-state index contributed by atoms with van der Waals surface area (Å²) in [5, 5.41) is 11.0. The third kappa shape index (κ3) is 4.14. The lowest BCUT2D eigenvalue weighted by atomic mass is 10.3. The zero-order valence-electron chi connectivity index (χ0n) is 9.71. The lowest BCUT2D eigenvalue weighted by Gasteiger charge is -2.16. The molecule has 0 saturated carbocycles. The molecule has 1 aromatic carbocycles. The highest BCUT2D eigenvalue weighted by Gasteiger charge is 2.19. The third-order valence-electron chi connectivity index (χ3n) is 2.15. The van der Waals surface area contributed by atoms with E-state index in [1.54, 1.807) is 31.2 Å². The molecule has 0 saturated heterocycles. The highest BCUT2D eigenvalue weighted by atomic mass is 16.5. The van der Waals surface area contributed by atoms with E-state index in [1.165, 1.54) is 6.92 Å². The van der Waals surface area contributed by atoms with Crippen LogP contribution < -0.4 is 10.1 Å². The molecule has 0 bridgehead atoms. The van der Waals surface area contributed by atoms with Crippen molar-refractivity contribution in [3.8, 4) is 5.75 Å². The zero-order valence-corrected chi connectivity index (χ0v) is 9.71. The Kier molecular flexibility index (Phi) is 4.51. The largest absolute Gasteiger partial charge is 0.481 e. The quantitative estimate of drug-likeness (QED) is 0.802. The fraction of sp³-hybridized carbons (Fsp3) is 0.333. The Hall–Kier alpha value is -2.04. The minimum Gasteiger partial charge on any atom is -0.481 e. The highest BCUT2D eigenvalue weighted by Crippen LogP contribution is 2.10. The van der Waals surface area contributed by atoms with Crippen LogP contribution in [0.15, 0.2) is 30.3 Å². The first-order chi connectivity index (χ1) is 8.00. The van der Waals surface area contributed by atoms with Gasteiger partial charge in [-0.2, -0.15) is 0 Å². The van der Waals surface area contributed by atoms with Crippen molar-refractivity contribution in [2.24, 2.45) is 0 Å². The van der Waals surface area contributed by atoms with Gasteiger partial charge >= 0.3 is 5.97 Å². The molecular formula is C12H15NO4. The highest BCUT2D eigenvalue weighted by molar-refractivity contribution is 5.85. The van der Waals surface area contributed by atoms with Crippen molar-refractivity contribution in [3.05, 3.63) is 30.3 Å². The lowest BCUT2D eigenvalue weighted by Crippen LogP contribution is -2.44. The van der Waals surface area contributed by atoms with Gasteiger partial charge in [-0.25, -0.2) is 0 Å². The third-order valence-corrected chi connectivity index (χ3v) is 2.15. The van der Waals surface area contributed by atoms with Crippen LogP contribution in [0.3, 0.4) is 0 Å². The monoisotopic (exact) mass is 237 g/mol. The van der Waals surface area contributed by atoms with Gasteiger partial charge in [-0.3, -0.25) is 9.59 Å². The van der Waals surface area contributed by atoms with Crippen molar-refractivity contribution in [2.75, 3.05) is 0 Å². The van der Waals surface area contributed by atoms with Crippen LogP contribution in [-0.2, 0) is 9.59 Å². The van der Waals surface area contributed by atoms with Crippen LogP contribution in [0.1, 0.15) is 13.8 Å². The fourth-order valence-electron chi connectivity index (χ4n) is 1.15. The Morgan fingerprint density at radius 2 is 1.82 bits per heavy atom. The molecular weight excluding hydrogens is 222 g/mol. The summed E-state index contributed by atoms with van der Waals surface area (Å²) in [6.45, 7) is 2.96. The maximum Gasteiger partial charge on any atom is 0.325 e. The standard InChI is InChI=1S/C12H15NO4/c1-8(12(15)16)13-11(14)9(2)17-10-6-4-3-5-7-10/h3-9H,1-2H3,(H,13,14)(H,15,16). The summed E-state index contributed by atoms with van der Waals surface area (Å²) in [5.41, 5.74) is 0. The molecule has 0 fully saturated rings. The maximum atomic E-state index is 11.6. The number of ether oxygens (including phenoxy) is 1. The smallest absolute Gasteiger partial charge is 0.325 e. The van der Waals surface area contributed by atoms with Gasteiger partial charge in [0.2, 0.25) is 0 Å². The number of carbonyl (C=O) groups excluding carboxylic acids is 1. The summed E-state index contributed by atoms with van der Waals surface area (Å²) in [6, 6.07) is 7.95. The Morgan fingerprint density at radius 3 is 2.35 bits per heavy atom. The van der Waals surface area contributed by atoms with Crippen LogP contribution in [0.5, 0.6) is 5.75 Å². The Bertz CT molecular complexity index is 391. The number of nitrogens with one attached hydrogen (secondary N) is 1. The van der Waals surface area contributed by atoms with Gasteiger partial charge in [0, 0.05) is 0 Å². The van der Waals surface area contributed by atoms with E-state index < -0.39 is 24.0 Å². The van der Waals surface area contributed by atoms with E-state index in [-0.39, 0.29) is 0 Å². The number of aliphatic carboxylic acids is 1. The molecule has 2 atom stereocenters. The molecule has 92 valence electrons. The van der Waals surface area contributed by atoms with E-state index in [4.69, 9.17) is 9.84 Å². The minimum absolute atomic E-state index is 0.455. The molecule has 0 aliphatic heterocycles. The van der Waals surface area contributed by atoms with E-state index in [2.05, 4.69) is 5.32 Å². The van der Waals surface area contributed by atoms with Crippen LogP contribution in [0.25, 0.3) is 0 Å². The van der Waals surface area contributed by atoms with Crippen molar-refractivity contribution in [2.45, 2.75) is 26.0 Å². The number of hydrogen-bond acceptors (Lipinski definition) is 3. The van der Waals surface area contributed by atoms with Gasteiger partial charge in [0.15, 0.2) is 6.10 Å². The van der Waals surface area contributed by atoms with Crippen LogP contribution in [0.4, 0.5) is 0 Å². The average Bonchev–Trinajstić information content (AvgIpc) is 2.29. The maximum absolute atomic E-state index is 11.6. The molecule has 0 aliphatic carbocycles. The second-order valence-corrected chi connectivity index (χ2v) is 3.64. The number of benzene rings is 1. The zero-order chi connectivity index (χ0) is 12.8. The van der Waals surface area contributed by atoms with Crippen molar-refractivity contribution in [1.82, 2.24) is 5.32 Å². The summed E-state index contributed by atoms with van der Waals surface area (Å²) in [4.78, 5) is 22.1. The second-order valence-electron chi connectivity index (χ2n) is 3.64. The molecule has 1 aromatic rings. The van der Waals surface area contributed by atoms with Gasteiger partial charge in [0.25, 0.3) is 5.91 Å². The van der Waals surface area contributed by atoms with E-state index in [1.807, 2.05) is 6.07 Å². The number of carboxylic acids is 1. The first-order valence-electron chi connectivity index (χ1n) is 5.25. The molecule has 1 rings (SSSR count).